The van der Waals surface area contributed by atoms with Crippen LogP contribution in [0.5, 0.6) is 11.5 Å². The maximum atomic E-state index is 11.6. The highest BCUT2D eigenvalue weighted by Gasteiger charge is 2.13. The summed E-state index contributed by atoms with van der Waals surface area (Å²) < 4.78 is 12.1. The summed E-state index contributed by atoms with van der Waals surface area (Å²) in [5.41, 5.74) is 3.79. The summed E-state index contributed by atoms with van der Waals surface area (Å²) in [5, 5.41) is 6.82. The van der Waals surface area contributed by atoms with Crippen molar-refractivity contribution < 1.29 is 19.1 Å². The number of hydrogen-bond donors (Lipinski definition) is 2. The molecular weight excluding hydrogens is 509 g/mol. The Labute approximate surface area is 187 Å². The van der Waals surface area contributed by atoms with Crippen molar-refractivity contribution in [1.29, 1.82) is 0 Å². The highest BCUT2D eigenvalue weighted by Crippen LogP contribution is 2.34. The average molecular weight is 528 g/mol. The van der Waals surface area contributed by atoms with Crippen molar-refractivity contribution in [2.75, 3.05) is 13.7 Å². The zero-order valence-electron chi connectivity index (χ0n) is 15.6. The van der Waals surface area contributed by atoms with Gasteiger partial charge >= 0.3 is 11.8 Å². The summed E-state index contributed by atoms with van der Waals surface area (Å²) in [4.78, 5) is 23.1. The lowest BCUT2D eigenvalue weighted by atomic mass is 10.2. The second-order valence-corrected chi connectivity index (χ2v) is 7.25. The first-order chi connectivity index (χ1) is 13.9. The Morgan fingerprint density at radius 3 is 2.62 bits per heavy atom. The zero-order valence-corrected chi connectivity index (χ0v) is 18.5. The monoisotopic (exact) mass is 527 g/mol. The molecule has 0 aliphatic rings. The van der Waals surface area contributed by atoms with Gasteiger partial charge in [-0.2, -0.15) is 5.10 Å². The van der Waals surface area contributed by atoms with E-state index in [2.05, 4.69) is 45.0 Å². The number of ether oxygens (including phenoxy) is 2. The second kappa shape index (κ2) is 11.4. The fraction of sp³-hybridized carbons (Fsp3) is 0.150. The van der Waals surface area contributed by atoms with Crippen LogP contribution in [-0.4, -0.2) is 31.7 Å². The van der Waals surface area contributed by atoms with Gasteiger partial charge in [0.25, 0.3) is 0 Å². The summed E-state index contributed by atoms with van der Waals surface area (Å²) in [6, 6.07) is 10.9. The predicted octanol–water partition coefficient (Wildman–Crippen LogP) is 3.28. The van der Waals surface area contributed by atoms with Gasteiger partial charge in [-0.05, 0) is 58.0 Å². The quantitative estimate of drug-likeness (QED) is 0.181. The first kappa shape index (κ1) is 22.7. The van der Waals surface area contributed by atoms with Crippen LogP contribution < -0.4 is 20.2 Å². The zero-order chi connectivity index (χ0) is 21.2. The number of benzene rings is 2. The van der Waals surface area contributed by atoms with E-state index in [-0.39, 0.29) is 6.54 Å². The predicted molar refractivity (Wildman–Crippen MR) is 120 cm³/mol. The van der Waals surface area contributed by atoms with E-state index in [1.165, 1.54) is 19.4 Å². The second-order valence-electron chi connectivity index (χ2n) is 5.65. The van der Waals surface area contributed by atoms with Crippen molar-refractivity contribution in [3.8, 4) is 11.5 Å². The maximum absolute atomic E-state index is 11.6. The summed E-state index contributed by atoms with van der Waals surface area (Å²) in [5.74, 6) is -0.553. The van der Waals surface area contributed by atoms with E-state index in [0.717, 1.165) is 9.13 Å². The van der Waals surface area contributed by atoms with Gasteiger partial charge in [-0.3, -0.25) is 9.59 Å². The molecular formula is C20H19ClIN3O4. The number of nitrogens with zero attached hydrogens (tertiary/aromatic N) is 1. The first-order valence-corrected chi connectivity index (χ1v) is 9.87. The highest BCUT2D eigenvalue weighted by molar-refractivity contribution is 14.1. The Morgan fingerprint density at radius 1 is 1.24 bits per heavy atom. The standard InChI is InChI=1S/C20H19ClIN3O4/c1-3-8-23-19(26)20(27)25-24-11-14-9-16(22)18(17(10-14)28-2)29-12-13-4-6-15(21)7-5-13/h3-7,9-11H,1,8,12H2,2H3,(H,23,26)(H,25,27)/b24-11-. The summed E-state index contributed by atoms with van der Waals surface area (Å²) in [6.07, 6.45) is 2.88. The molecule has 0 radical (unpaired) electrons. The van der Waals surface area contributed by atoms with Crippen molar-refractivity contribution in [3.63, 3.8) is 0 Å². The lowest BCUT2D eigenvalue weighted by Gasteiger charge is -2.13. The van der Waals surface area contributed by atoms with Gasteiger partial charge in [-0.1, -0.05) is 29.8 Å². The molecule has 2 N–H and O–H groups in total. The van der Waals surface area contributed by atoms with Crippen LogP contribution in [0.3, 0.4) is 0 Å². The van der Waals surface area contributed by atoms with Crippen LogP contribution in [0.25, 0.3) is 0 Å². The van der Waals surface area contributed by atoms with E-state index in [4.69, 9.17) is 21.1 Å². The van der Waals surface area contributed by atoms with Crippen LogP contribution in [0.2, 0.25) is 5.02 Å². The third kappa shape index (κ3) is 7.06. The molecule has 7 nitrogen and oxygen atoms in total. The van der Waals surface area contributed by atoms with Crippen molar-refractivity contribution in [1.82, 2.24) is 10.7 Å². The molecule has 0 heterocycles. The van der Waals surface area contributed by atoms with Crippen molar-refractivity contribution >= 4 is 52.2 Å². The molecule has 0 unspecified atom stereocenters. The molecule has 0 atom stereocenters. The highest BCUT2D eigenvalue weighted by atomic mass is 127. The molecule has 0 fully saturated rings. The van der Waals surface area contributed by atoms with Crippen LogP contribution in [-0.2, 0) is 16.2 Å². The van der Waals surface area contributed by atoms with Gasteiger partial charge in [0.15, 0.2) is 11.5 Å². The molecule has 0 aliphatic heterocycles. The molecule has 9 heteroatoms. The number of carbonyl (C=O) groups excluding carboxylic acids is 2. The lowest BCUT2D eigenvalue weighted by molar-refractivity contribution is -0.139. The van der Waals surface area contributed by atoms with E-state index < -0.39 is 11.8 Å². The molecule has 29 heavy (non-hydrogen) atoms. The van der Waals surface area contributed by atoms with Gasteiger partial charge in [0.1, 0.15) is 6.61 Å². The summed E-state index contributed by atoms with van der Waals surface area (Å²) >= 11 is 8.02. The summed E-state index contributed by atoms with van der Waals surface area (Å²) in [6.45, 7) is 4.01. The SMILES string of the molecule is C=CCNC(=O)C(=O)N/N=C\c1cc(I)c(OCc2ccc(Cl)cc2)c(OC)c1. The van der Waals surface area contributed by atoms with Crippen LogP contribution in [0.4, 0.5) is 0 Å². The Kier molecular flexibility index (Phi) is 8.94. The Balaban J connectivity index is 2.04. The number of amides is 2. The topological polar surface area (TPSA) is 89.0 Å². The number of halogens is 2. The number of nitrogens with one attached hydrogen (secondary N) is 2. The Bertz CT molecular complexity index is 917. The van der Waals surface area contributed by atoms with Gasteiger partial charge in [-0.15, -0.1) is 6.58 Å². The fourth-order valence-electron chi connectivity index (χ4n) is 2.15. The normalized spacial score (nSPS) is 10.4. The molecule has 2 rings (SSSR count). The van der Waals surface area contributed by atoms with Gasteiger partial charge < -0.3 is 14.8 Å². The van der Waals surface area contributed by atoms with E-state index in [9.17, 15) is 9.59 Å². The van der Waals surface area contributed by atoms with Crippen molar-refractivity contribution in [3.05, 3.63) is 68.8 Å². The lowest BCUT2D eigenvalue weighted by Crippen LogP contribution is -2.37. The van der Waals surface area contributed by atoms with Gasteiger partial charge in [-0.25, -0.2) is 5.43 Å². The molecule has 0 aromatic heterocycles. The van der Waals surface area contributed by atoms with E-state index in [1.54, 1.807) is 18.2 Å². The van der Waals surface area contributed by atoms with Gasteiger partial charge in [0.05, 0.1) is 16.9 Å². The van der Waals surface area contributed by atoms with Crippen molar-refractivity contribution in [2.45, 2.75) is 6.61 Å². The number of methoxy groups -OCH3 is 1. The molecule has 2 amide bonds. The molecule has 152 valence electrons. The number of carbonyl (C=O) groups is 2. The van der Waals surface area contributed by atoms with Gasteiger partial charge in [0, 0.05) is 11.6 Å². The molecule has 0 bridgehead atoms. The molecule has 0 spiro atoms. The summed E-state index contributed by atoms with van der Waals surface area (Å²) in [7, 11) is 1.53. The molecule has 0 saturated heterocycles. The Morgan fingerprint density at radius 2 is 1.97 bits per heavy atom. The number of hydrogen-bond acceptors (Lipinski definition) is 5. The van der Waals surface area contributed by atoms with Crippen LogP contribution in [0.15, 0.2) is 54.2 Å². The van der Waals surface area contributed by atoms with E-state index in [1.807, 2.05) is 18.2 Å². The molecule has 2 aromatic carbocycles. The maximum Gasteiger partial charge on any atom is 0.329 e. The van der Waals surface area contributed by atoms with Crippen LogP contribution >= 0.6 is 34.2 Å². The molecule has 0 aliphatic carbocycles. The first-order valence-electron chi connectivity index (χ1n) is 8.41. The van der Waals surface area contributed by atoms with E-state index in [0.29, 0.717) is 28.7 Å². The van der Waals surface area contributed by atoms with Crippen LogP contribution in [0, 0.1) is 3.57 Å². The van der Waals surface area contributed by atoms with Crippen LogP contribution in [0.1, 0.15) is 11.1 Å². The Hall–Kier alpha value is -2.59. The minimum Gasteiger partial charge on any atom is -0.493 e. The largest absolute Gasteiger partial charge is 0.493 e. The third-order valence-corrected chi connectivity index (χ3v) is 4.59. The van der Waals surface area contributed by atoms with E-state index >= 15 is 0 Å². The fourth-order valence-corrected chi connectivity index (χ4v) is 3.06. The number of hydrazone groups is 1. The smallest absolute Gasteiger partial charge is 0.329 e. The third-order valence-electron chi connectivity index (χ3n) is 3.54. The average Bonchev–Trinajstić information content (AvgIpc) is 2.71. The number of rotatable bonds is 8. The minimum absolute atomic E-state index is 0.197. The molecule has 0 saturated carbocycles. The minimum atomic E-state index is -0.868. The molecule has 2 aromatic rings. The van der Waals surface area contributed by atoms with Crippen molar-refractivity contribution in [2.24, 2.45) is 5.10 Å². The van der Waals surface area contributed by atoms with Gasteiger partial charge in [0.2, 0.25) is 0 Å².